The van der Waals surface area contributed by atoms with Crippen LogP contribution in [-0.4, -0.2) is 36.6 Å². The van der Waals surface area contributed by atoms with E-state index in [4.69, 9.17) is 0 Å². The molecule has 1 aliphatic rings. The van der Waals surface area contributed by atoms with Crippen LogP contribution in [0.3, 0.4) is 0 Å². The van der Waals surface area contributed by atoms with Gasteiger partial charge in [-0.1, -0.05) is 12.1 Å². The van der Waals surface area contributed by atoms with Crippen molar-refractivity contribution < 1.29 is 13.2 Å². The Balaban J connectivity index is 1.90. The summed E-state index contributed by atoms with van der Waals surface area (Å²) < 4.78 is 36.8. The van der Waals surface area contributed by atoms with Gasteiger partial charge in [-0.3, -0.25) is 4.90 Å². The van der Waals surface area contributed by atoms with Crippen LogP contribution in [0, 0.1) is 0 Å². The summed E-state index contributed by atoms with van der Waals surface area (Å²) in [4.78, 5) is 2.55. The highest BCUT2D eigenvalue weighted by Crippen LogP contribution is 2.36. The van der Waals surface area contributed by atoms with Crippen LogP contribution in [0.4, 0.5) is 13.2 Å². The SMILES string of the molecule is CN(Cc1ccc(SC(F)(F)F)cc1)C1CCCNCC1. The molecule has 2 nitrogen and oxygen atoms in total. The number of nitrogens with one attached hydrogen (secondary N) is 1. The number of rotatable bonds is 4. The molecule has 21 heavy (non-hydrogen) atoms. The van der Waals surface area contributed by atoms with Crippen LogP contribution >= 0.6 is 11.8 Å². The van der Waals surface area contributed by atoms with E-state index in [9.17, 15) is 13.2 Å². The van der Waals surface area contributed by atoms with Crippen LogP contribution in [0.15, 0.2) is 29.2 Å². The van der Waals surface area contributed by atoms with Gasteiger partial charge in [0.1, 0.15) is 0 Å². The summed E-state index contributed by atoms with van der Waals surface area (Å²) in [6, 6.07) is 7.23. The van der Waals surface area contributed by atoms with Gasteiger partial charge in [-0.05, 0) is 68.9 Å². The first-order chi connectivity index (χ1) is 9.94. The fourth-order valence-corrected chi connectivity index (χ4v) is 3.19. The van der Waals surface area contributed by atoms with Crippen LogP contribution in [0.25, 0.3) is 0 Å². The average Bonchev–Trinajstić information content (AvgIpc) is 2.68. The van der Waals surface area contributed by atoms with Gasteiger partial charge >= 0.3 is 5.51 Å². The molecule has 1 heterocycles. The molecule has 1 atom stereocenters. The predicted octanol–water partition coefficient (Wildman–Crippen LogP) is 3.87. The quantitative estimate of drug-likeness (QED) is 0.848. The number of alkyl halides is 3. The second-order valence-electron chi connectivity index (χ2n) is 5.44. The van der Waals surface area contributed by atoms with Crippen molar-refractivity contribution >= 4 is 11.8 Å². The maximum Gasteiger partial charge on any atom is 0.446 e. The molecule has 1 aliphatic heterocycles. The Morgan fingerprint density at radius 2 is 1.90 bits per heavy atom. The van der Waals surface area contributed by atoms with Gasteiger partial charge in [0, 0.05) is 17.5 Å². The molecule has 1 unspecified atom stereocenters. The summed E-state index contributed by atoms with van der Waals surface area (Å²) >= 11 is -0.0627. The van der Waals surface area contributed by atoms with Crippen LogP contribution in [0.1, 0.15) is 24.8 Å². The number of halogens is 3. The van der Waals surface area contributed by atoms with E-state index in [1.807, 2.05) is 0 Å². The Morgan fingerprint density at radius 3 is 2.57 bits per heavy atom. The summed E-state index contributed by atoms with van der Waals surface area (Å²) in [6.07, 6.45) is 3.47. The van der Waals surface area contributed by atoms with E-state index in [1.165, 1.54) is 12.8 Å². The Bertz CT molecular complexity index is 426. The number of benzene rings is 1. The zero-order chi connectivity index (χ0) is 15.3. The molecule has 6 heteroatoms. The Kier molecular flexibility index (Phi) is 5.96. The molecule has 0 amide bonds. The Hall–Kier alpha value is -0.720. The van der Waals surface area contributed by atoms with Crippen molar-refractivity contribution in [1.82, 2.24) is 10.2 Å². The maximum atomic E-state index is 12.3. The van der Waals surface area contributed by atoms with Gasteiger partial charge in [0.15, 0.2) is 0 Å². The van der Waals surface area contributed by atoms with Crippen LogP contribution in [0.5, 0.6) is 0 Å². The molecular formula is C15H21F3N2S. The summed E-state index contributed by atoms with van der Waals surface area (Å²) in [5.41, 5.74) is -3.16. The Labute approximate surface area is 128 Å². The van der Waals surface area contributed by atoms with Crippen molar-refractivity contribution in [3.05, 3.63) is 29.8 Å². The third-order valence-electron chi connectivity index (χ3n) is 3.76. The maximum absolute atomic E-state index is 12.3. The molecule has 0 aliphatic carbocycles. The molecule has 0 spiro atoms. The first-order valence-corrected chi connectivity index (χ1v) is 8.01. The van der Waals surface area contributed by atoms with Crippen LogP contribution in [-0.2, 0) is 6.54 Å². The number of hydrogen-bond acceptors (Lipinski definition) is 3. The summed E-state index contributed by atoms with van der Waals surface area (Å²) in [5.74, 6) is 0. The fraction of sp³-hybridized carbons (Fsp3) is 0.600. The minimum Gasteiger partial charge on any atom is -0.317 e. The van der Waals surface area contributed by atoms with E-state index < -0.39 is 5.51 Å². The lowest BCUT2D eigenvalue weighted by Gasteiger charge is -2.27. The lowest BCUT2D eigenvalue weighted by Crippen LogP contribution is -2.31. The standard InChI is InChI=1S/C15H21F3N2S/c1-20(13-3-2-9-19-10-8-13)11-12-4-6-14(7-5-12)21-15(16,17)18/h4-7,13,19H,2-3,8-11H2,1H3. The molecule has 118 valence electrons. The minimum absolute atomic E-state index is 0.0627. The third-order valence-corrected chi connectivity index (χ3v) is 4.50. The van der Waals surface area contributed by atoms with E-state index in [2.05, 4.69) is 17.3 Å². The lowest BCUT2D eigenvalue weighted by molar-refractivity contribution is -0.0328. The number of nitrogens with zero attached hydrogens (tertiary/aromatic N) is 1. The predicted molar refractivity (Wildman–Crippen MR) is 80.3 cm³/mol. The molecule has 1 aromatic rings. The molecular weight excluding hydrogens is 297 g/mol. The summed E-state index contributed by atoms with van der Waals surface area (Å²) in [5, 5.41) is 3.39. The lowest BCUT2D eigenvalue weighted by atomic mass is 10.1. The van der Waals surface area contributed by atoms with E-state index >= 15 is 0 Å². The number of thioether (sulfide) groups is 1. The second kappa shape index (κ2) is 7.51. The molecule has 1 N–H and O–H groups in total. The average molecular weight is 318 g/mol. The number of hydrogen-bond donors (Lipinski definition) is 1. The molecule has 1 aromatic carbocycles. The third kappa shape index (κ3) is 5.88. The van der Waals surface area contributed by atoms with E-state index in [1.54, 1.807) is 24.3 Å². The van der Waals surface area contributed by atoms with Crippen LogP contribution in [0.2, 0.25) is 0 Å². The first kappa shape index (κ1) is 16.6. The van der Waals surface area contributed by atoms with Crippen molar-refractivity contribution in [1.29, 1.82) is 0 Å². The van der Waals surface area contributed by atoms with Gasteiger partial charge in [-0.15, -0.1) is 0 Å². The molecule has 2 rings (SSSR count). The molecule has 0 aromatic heterocycles. The normalized spacial score (nSPS) is 20.5. The Morgan fingerprint density at radius 1 is 1.19 bits per heavy atom. The zero-order valence-electron chi connectivity index (χ0n) is 12.1. The molecule has 1 fully saturated rings. The van der Waals surface area contributed by atoms with Crippen molar-refractivity contribution in [2.75, 3.05) is 20.1 Å². The highest BCUT2D eigenvalue weighted by Gasteiger charge is 2.29. The highest BCUT2D eigenvalue weighted by atomic mass is 32.2. The monoisotopic (exact) mass is 318 g/mol. The highest BCUT2D eigenvalue weighted by molar-refractivity contribution is 8.00. The fourth-order valence-electron chi connectivity index (χ4n) is 2.66. The van der Waals surface area contributed by atoms with E-state index in [0.29, 0.717) is 6.04 Å². The van der Waals surface area contributed by atoms with Crippen molar-refractivity contribution in [2.24, 2.45) is 0 Å². The first-order valence-electron chi connectivity index (χ1n) is 7.20. The van der Waals surface area contributed by atoms with Gasteiger partial charge in [-0.25, -0.2) is 0 Å². The molecule has 0 saturated carbocycles. The van der Waals surface area contributed by atoms with Gasteiger partial charge in [0.2, 0.25) is 0 Å². The van der Waals surface area contributed by atoms with E-state index in [0.717, 1.165) is 31.6 Å². The smallest absolute Gasteiger partial charge is 0.317 e. The second-order valence-corrected chi connectivity index (χ2v) is 6.58. The van der Waals surface area contributed by atoms with Crippen molar-refractivity contribution in [3.63, 3.8) is 0 Å². The topological polar surface area (TPSA) is 15.3 Å². The van der Waals surface area contributed by atoms with Gasteiger partial charge < -0.3 is 5.32 Å². The zero-order valence-corrected chi connectivity index (χ0v) is 12.9. The molecule has 0 radical (unpaired) electrons. The molecule has 1 saturated heterocycles. The van der Waals surface area contributed by atoms with Gasteiger partial charge in [0.05, 0.1) is 0 Å². The summed E-state index contributed by atoms with van der Waals surface area (Å²) in [6.45, 7) is 2.89. The van der Waals surface area contributed by atoms with Gasteiger partial charge in [-0.2, -0.15) is 13.2 Å². The largest absolute Gasteiger partial charge is 0.446 e. The van der Waals surface area contributed by atoms with E-state index in [-0.39, 0.29) is 16.7 Å². The van der Waals surface area contributed by atoms with Crippen LogP contribution < -0.4 is 5.32 Å². The van der Waals surface area contributed by atoms with Crippen molar-refractivity contribution in [3.8, 4) is 0 Å². The minimum atomic E-state index is -4.22. The van der Waals surface area contributed by atoms with Crippen molar-refractivity contribution in [2.45, 2.75) is 42.3 Å². The summed E-state index contributed by atoms with van der Waals surface area (Å²) in [7, 11) is 2.09. The van der Waals surface area contributed by atoms with Gasteiger partial charge in [0.25, 0.3) is 0 Å². The molecule has 0 bridgehead atoms.